The van der Waals surface area contributed by atoms with E-state index in [9.17, 15) is 14.9 Å². The SMILES string of the molecule is COc1ccc([N+](=O)[O-])cc1NC(=O)CCc1ccccc1Cl. The maximum Gasteiger partial charge on any atom is 0.271 e. The molecule has 0 radical (unpaired) electrons. The fraction of sp³-hybridized carbons (Fsp3) is 0.188. The summed E-state index contributed by atoms with van der Waals surface area (Å²) >= 11 is 6.04. The molecule has 0 saturated heterocycles. The van der Waals surface area contributed by atoms with Gasteiger partial charge in [0.25, 0.3) is 5.69 Å². The molecular formula is C16H15ClN2O4. The van der Waals surface area contributed by atoms with Gasteiger partial charge < -0.3 is 10.1 Å². The number of nitrogens with one attached hydrogen (secondary N) is 1. The molecule has 2 aromatic rings. The van der Waals surface area contributed by atoms with Gasteiger partial charge in [0.1, 0.15) is 5.75 Å². The summed E-state index contributed by atoms with van der Waals surface area (Å²) in [6, 6.07) is 11.3. The van der Waals surface area contributed by atoms with Gasteiger partial charge in [0, 0.05) is 23.6 Å². The zero-order valence-electron chi connectivity index (χ0n) is 12.4. The number of nitrogens with zero attached hydrogens (tertiary/aromatic N) is 1. The first-order valence-electron chi connectivity index (χ1n) is 6.87. The minimum absolute atomic E-state index is 0.118. The molecule has 0 fully saturated rings. The number of hydrogen-bond donors (Lipinski definition) is 1. The van der Waals surface area contributed by atoms with Crippen LogP contribution in [0.4, 0.5) is 11.4 Å². The monoisotopic (exact) mass is 334 g/mol. The summed E-state index contributed by atoms with van der Waals surface area (Å²) in [4.78, 5) is 22.4. The van der Waals surface area contributed by atoms with E-state index in [0.717, 1.165) is 5.56 Å². The summed E-state index contributed by atoms with van der Waals surface area (Å²) in [6.07, 6.45) is 0.679. The van der Waals surface area contributed by atoms with Gasteiger partial charge in [-0.05, 0) is 24.1 Å². The number of halogens is 1. The second-order valence-electron chi connectivity index (χ2n) is 4.78. The summed E-state index contributed by atoms with van der Waals surface area (Å²) < 4.78 is 5.10. The number of benzene rings is 2. The number of non-ortho nitro benzene ring substituents is 1. The Morgan fingerprint density at radius 2 is 2.04 bits per heavy atom. The fourth-order valence-electron chi connectivity index (χ4n) is 2.07. The molecule has 0 atom stereocenters. The third-order valence-corrected chi connectivity index (χ3v) is 3.62. The summed E-state index contributed by atoms with van der Waals surface area (Å²) in [6.45, 7) is 0. The van der Waals surface area contributed by atoms with E-state index < -0.39 is 4.92 Å². The molecule has 0 aliphatic heterocycles. The van der Waals surface area contributed by atoms with Crippen molar-refractivity contribution < 1.29 is 14.5 Å². The Bertz CT molecular complexity index is 734. The van der Waals surface area contributed by atoms with Gasteiger partial charge in [0.15, 0.2) is 0 Å². The standard InChI is InChI=1S/C16H15ClN2O4/c1-23-15-8-7-12(19(21)22)10-14(15)18-16(20)9-6-11-4-2-3-5-13(11)17/h2-5,7-8,10H,6,9H2,1H3,(H,18,20). The summed E-state index contributed by atoms with van der Waals surface area (Å²) in [5, 5.41) is 14.1. The number of hydrogen-bond acceptors (Lipinski definition) is 4. The molecule has 7 heteroatoms. The van der Waals surface area contributed by atoms with E-state index in [4.69, 9.17) is 16.3 Å². The first-order valence-corrected chi connectivity index (χ1v) is 7.24. The maximum atomic E-state index is 12.1. The Morgan fingerprint density at radius 1 is 1.30 bits per heavy atom. The van der Waals surface area contributed by atoms with Crippen molar-refractivity contribution in [2.45, 2.75) is 12.8 Å². The Labute approximate surface area is 138 Å². The van der Waals surface area contributed by atoms with Crippen molar-refractivity contribution in [3.8, 4) is 5.75 Å². The third-order valence-electron chi connectivity index (χ3n) is 3.25. The quantitative estimate of drug-likeness (QED) is 0.643. The lowest BCUT2D eigenvalue weighted by molar-refractivity contribution is -0.384. The maximum absolute atomic E-state index is 12.1. The minimum atomic E-state index is -0.529. The molecule has 1 amide bonds. The Balaban J connectivity index is 2.06. The molecule has 0 aliphatic carbocycles. The van der Waals surface area contributed by atoms with Crippen LogP contribution in [0.5, 0.6) is 5.75 Å². The summed E-state index contributed by atoms with van der Waals surface area (Å²) in [5.74, 6) is 0.0883. The molecule has 23 heavy (non-hydrogen) atoms. The van der Waals surface area contributed by atoms with Gasteiger partial charge in [-0.3, -0.25) is 14.9 Å². The smallest absolute Gasteiger partial charge is 0.271 e. The predicted molar refractivity (Wildman–Crippen MR) is 88.1 cm³/mol. The van der Waals surface area contributed by atoms with Crippen LogP contribution in [-0.4, -0.2) is 17.9 Å². The predicted octanol–water partition coefficient (Wildman–Crippen LogP) is 3.83. The number of nitro groups is 1. The number of amides is 1. The topological polar surface area (TPSA) is 81.5 Å². The average molecular weight is 335 g/mol. The Hall–Kier alpha value is -2.60. The lowest BCUT2D eigenvalue weighted by Crippen LogP contribution is -2.13. The largest absolute Gasteiger partial charge is 0.495 e. The van der Waals surface area contributed by atoms with E-state index in [-0.39, 0.29) is 23.7 Å². The summed E-state index contributed by atoms with van der Waals surface area (Å²) in [5.41, 5.74) is 1.02. The number of rotatable bonds is 6. The van der Waals surface area contributed by atoms with Crippen molar-refractivity contribution in [1.29, 1.82) is 0 Å². The van der Waals surface area contributed by atoms with Crippen LogP contribution in [0.2, 0.25) is 5.02 Å². The van der Waals surface area contributed by atoms with Crippen LogP contribution in [-0.2, 0) is 11.2 Å². The van der Waals surface area contributed by atoms with Crippen molar-refractivity contribution in [1.82, 2.24) is 0 Å². The Kier molecular flexibility index (Phi) is 5.54. The van der Waals surface area contributed by atoms with Crippen LogP contribution in [0.15, 0.2) is 42.5 Å². The molecular weight excluding hydrogens is 320 g/mol. The van der Waals surface area contributed by atoms with E-state index in [1.54, 1.807) is 6.07 Å². The van der Waals surface area contributed by atoms with Crippen LogP contribution in [0.25, 0.3) is 0 Å². The van der Waals surface area contributed by atoms with E-state index in [1.807, 2.05) is 18.2 Å². The Morgan fingerprint density at radius 3 is 2.70 bits per heavy atom. The van der Waals surface area contributed by atoms with Crippen molar-refractivity contribution in [2.75, 3.05) is 12.4 Å². The number of ether oxygens (including phenoxy) is 1. The molecule has 0 spiro atoms. The van der Waals surface area contributed by atoms with Gasteiger partial charge in [-0.2, -0.15) is 0 Å². The minimum Gasteiger partial charge on any atom is -0.495 e. The third kappa shape index (κ3) is 4.43. The van der Waals surface area contributed by atoms with Gasteiger partial charge in [-0.15, -0.1) is 0 Å². The van der Waals surface area contributed by atoms with Crippen LogP contribution in [0.3, 0.4) is 0 Å². The molecule has 0 aliphatic rings. The lowest BCUT2D eigenvalue weighted by atomic mass is 10.1. The molecule has 1 N–H and O–H groups in total. The lowest BCUT2D eigenvalue weighted by Gasteiger charge is -2.10. The first kappa shape index (κ1) is 16.8. The molecule has 2 rings (SSSR count). The fourth-order valence-corrected chi connectivity index (χ4v) is 2.30. The van der Waals surface area contributed by atoms with Gasteiger partial charge in [-0.1, -0.05) is 29.8 Å². The van der Waals surface area contributed by atoms with Crippen LogP contribution < -0.4 is 10.1 Å². The molecule has 0 unspecified atom stereocenters. The van der Waals surface area contributed by atoms with Gasteiger partial charge >= 0.3 is 0 Å². The van der Waals surface area contributed by atoms with Crippen molar-refractivity contribution in [3.63, 3.8) is 0 Å². The normalized spacial score (nSPS) is 10.2. The highest BCUT2D eigenvalue weighted by atomic mass is 35.5. The second kappa shape index (κ2) is 7.60. The molecule has 120 valence electrons. The second-order valence-corrected chi connectivity index (χ2v) is 5.19. The zero-order valence-corrected chi connectivity index (χ0v) is 13.2. The van der Waals surface area contributed by atoms with E-state index in [1.165, 1.54) is 25.3 Å². The van der Waals surface area contributed by atoms with Gasteiger partial charge in [0.05, 0.1) is 17.7 Å². The number of anilines is 1. The van der Waals surface area contributed by atoms with Crippen molar-refractivity contribution in [3.05, 3.63) is 63.2 Å². The first-order chi connectivity index (χ1) is 11.0. The molecule has 0 aromatic heterocycles. The van der Waals surface area contributed by atoms with E-state index in [0.29, 0.717) is 17.2 Å². The zero-order chi connectivity index (χ0) is 16.8. The van der Waals surface area contributed by atoms with E-state index >= 15 is 0 Å². The van der Waals surface area contributed by atoms with Gasteiger partial charge in [-0.25, -0.2) is 0 Å². The summed E-state index contributed by atoms with van der Waals surface area (Å²) in [7, 11) is 1.43. The number of methoxy groups -OCH3 is 1. The number of carbonyl (C=O) groups is 1. The van der Waals surface area contributed by atoms with E-state index in [2.05, 4.69) is 5.32 Å². The highest BCUT2D eigenvalue weighted by Gasteiger charge is 2.14. The molecule has 2 aromatic carbocycles. The number of nitro benzene ring substituents is 1. The van der Waals surface area contributed by atoms with Crippen molar-refractivity contribution >= 4 is 28.9 Å². The highest BCUT2D eigenvalue weighted by Crippen LogP contribution is 2.29. The number of carbonyl (C=O) groups excluding carboxylic acids is 1. The molecule has 0 bridgehead atoms. The van der Waals surface area contributed by atoms with Crippen LogP contribution in [0, 0.1) is 10.1 Å². The number of aryl methyl sites for hydroxylation is 1. The van der Waals surface area contributed by atoms with Crippen LogP contribution >= 0.6 is 11.6 Å². The van der Waals surface area contributed by atoms with Crippen LogP contribution in [0.1, 0.15) is 12.0 Å². The molecule has 0 heterocycles. The molecule has 6 nitrogen and oxygen atoms in total. The molecule has 0 saturated carbocycles. The van der Waals surface area contributed by atoms with Crippen molar-refractivity contribution in [2.24, 2.45) is 0 Å². The average Bonchev–Trinajstić information content (AvgIpc) is 2.54. The highest BCUT2D eigenvalue weighted by molar-refractivity contribution is 6.31. The van der Waals surface area contributed by atoms with Gasteiger partial charge in [0.2, 0.25) is 5.91 Å².